The first-order chi connectivity index (χ1) is 22.5. The molecule has 1 heterocycles. The predicted molar refractivity (Wildman–Crippen MR) is 183 cm³/mol. The van der Waals surface area contributed by atoms with E-state index < -0.39 is 105 Å². The summed E-state index contributed by atoms with van der Waals surface area (Å²) in [6, 6.07) is 0. The molecule has 0 unspecified atom stereocenters. The third kappa shape index (κ3) is 16.2. The van der Waals surface area contributed by atoms with E-state index in [1.807, 2.05) is 0 Å². The van der Waals surface area contributed by atoms with Gasteiger partial charge >= 0.3 is 35.8 Å². The Bertz CT molecular complexity index is 1200. The van der Waals surface area contributed by atoms with E-state index in [1.165, 1.54) is 0 Å². The van der Waals surface area contributed by atoms with Crippen molar-refractivity contribution < 1.29 is 57.2 Å². The standard InChI is InChI=1S/C36H57N3O12/c1-31(2,3)46-25(40)19(26(41)47-32(4,5)6)22-37-23(20(27(42)48-33(7,8)9)28(43)49-34(10,11)12)39-24(38-22)21(29(44)50-35(13,14)15)30(45)51-36(16,17)18/h19-21H,1-18H3. The molecule has 0 saturated heterocycles. The Morgan fingerprint density at radius 3 is 0.529 bits per heavy atom. The monoisotopic (exact) mass is 723 g/mol. The highest BCUT2D eigenvalue weighted by molar-refractivity contribution is 6.03. The van der Waals surface area contributed by atoms with E-state index in [0.29, 0.717) is 0 Å². The molecule has 0 aromatic carbocycles. The summed E-state index contributed by atoms with van der Waals surface area (Å²) in [5, 5.41) is 0. The molecule has 0 atom stereocenters. The van der Waals surface area contributed by atoms with Gasteiger partial charge in [0, 0.05) is 0 Å². The highest BCUT2D eigenvalue weighted by Gasteiger charge is 2.46. The van der Waals surface area contributed by atoms with E-state index in [9.17, 15) is 28.8 Å². The van der Waals surface area contributed by atoms with E-state index in [4.69, 9.17) is 28.4 Å². The lowest BCUT2D eigenvalue weighted by Crippen LogP contribution is -2.40. The first-order valence-corrected chi connectivity index (χ1v) is 16.6. The Morgan fingerprint density at radius 2 is 0.431 bits per heavy atom. The van der Waals surface area contributed by atoms with Gasteiger partial charge in [-0.15, -0.1) is 0 Å². The third-order valence-electron chi connectivity index (χ3n) is 5.32. The molecular formula is C36H57N3O12. The highest BCUT2D eigenvalue weighted by Crippen LogP contribution is 2.30. The van der Waals surface area contributed by atoms with Gasteiger partial charge < -0.3 is 28.4 Å². The second-order valence-electron chi connectivity index (χ2n) is 17.9. The zero-order valence-electron chi connectivity index (χ0n) is 33.5. The van der Waals surface area contributed by atoms with Crippen LogP contribution in [0.25, 0.3) is 0 Å². The summed E-state index contributed by atoms with van der Waals surface area (Å²) in [5.74, 6) is -15.3. The number of nitrogens with zero attached hydrogens (tertiary/aromatic N) is 3. The van der Waals surface area contributed by atoms with Crippen molar-refractivity contribution in [2.24, 2.45) is 0 Å². The molecule has 0 amide bonds. The van der Waals surface area contributed by atoms with Crippen LogP contribution >= 0.6 is 0 Å². The van der Waals surface area contributed by atoms with Gasteiger partial charge in [-0.3, -0.25) is 28.8 Å². The number of carbonyl (C=O) groups excluding carboxylic acids is 6. The van der Waals surface area contributed by atoms with Crippen LogP contribution in [0.5, 0.6) is 0 Å². The lowest BCUT2D eigenvalue weighted by atomic mass is 10.0. The molecule has 0 N–H and O–H groups in total. The Balaban J connectivity index is 4.47. The smallest absolute Gasteiger partial charge is 0.328 e. The normalized spacial score (nSPS) is 13.1. The number of aromatic nitrogens is 3. The summed E-state index contributed by atoms with van der Waals surface area (Å²) in [7, 11) is 0. The molecule has 0 aliphatic heterocycles. The van der Waals surface area contributed by atoms with E-state index in [2.05, 4.69) is 15.0 Å². The summed E-state index contributed by atoms with van der Waals surface area (Å²) in [6.07, 6.45) is 0. The van der Waals surface area contributed by atoms with Gasteiger partial charge in [-0.2, -0.15) is 0 Å². The van der Waals surface area contributed by atoms with Crippen LogP contribution < -0.4 is 0 Å². The molecule has 0 radical (unpaired) electrons. The van der Waals surface area contributed by atoms with Crippen molar-refractivity contribution in [2.75, 3.05) is 0 Å². The molecule has 288 valence electrons. The SMILES string of the molecule is CC(C)(C)OC(=O)C(C(=O)OC(C)(C)C)c1nc(C(C(=O)OC(C)(C)C)C(=O)OC(C)(C)C)nc(C(C(=O)OC(C)(C)C)C(=O)OC(C)(C)C)n1. The summed E-state index contributed by atoms with van der Waals surface area (Å²) in [6.45, 7) is 28.1. The first-order valence-electron chi connectivity index (χ1n) is 16.6. The average molecular weight is 724 g/mol. The molecule has 51 heavy (non-hydrogen) atoms. The Hall–Kier alpha value is -4.17. The van der Waals surface area contributed by atoms with Crippen molar-refractivity contribution in [2.45, 2.75) is 176 Å². The second kappa shape index (κ2) is 15.6. The summed E-state index contributed by atoms with van der Waals surface area (Å²) in [5.41, 5.74) is -6.74. The lowest BCUT2D eigenvalue weighted by Gasteiger charge is -2.28. The Morgan fingerprint density at radius 1 is 0.314 bits per heavy atom. The molecule has 1 rings (SSSR count). The summed E-state index contributed by atoms with van der Waals surface area (Å²) >= 11 is 0. The van der Waals surface area contributed by atoms with Gasteiger partial charge in [0.25, 0.3) is 0 Å². The fraction of sp³-hybridized carbons (Fsp3) is 0.750. The van der Waals surface area contributed by atoms with E-state index in [-0.39, 0.29) is 0 Å². The second-order valence-corrected chi connectivity index (χ2v) is 17.9. The van der Waals surface area contributed by atoms with Gasteiger partial charge in [-0.25, -0.2) is 15.0 Å². The van der Waals surface area contributed by atoms with Gasteiger partial charge in [0.05, 0.1) is 0 Å². The van der Waals surface area contributed by atoms with Crippen molar-refractivity contribution in [3.63, 3.8) is 0 Å². The van der Waals surface area contributed by atoms with E-state index in [0.717, 1.165) is 0 Å². The van der Waals surface area contributed by atoms with Crippen molar-refractivity contribution in [3.05, 3.63) is 17.5 Å². The quantitative estimate of drug-likeness (QED) is 0.184. The van der Waals surface area contributed by atoms with E-state index in [1.54, 1.807) is 125 Å². The van der Waals surface area contributed by atoms with E-state index >= 15 is 0 Å². The molecule has 1 aromatic rings. The number of hydrogen-bond acceptors (Lipinski definition) is 15. The van der Waals surface area contributed by atoms with Crippen LogP contribution in [0.3, 0.4) is 0 Å². The number of rotatable bonds is 9. The predicted octanol–water partition coefficient (Wildman–Crippen LogP) is 5.17. The Labute approximate surface area is 301 Å². The van der Waals surface area contributed by atoms with Crippen molar-refractivity contribution in [1.82, 2.24) is 15.0 Å². The molecule has 0 bridgehead atoms. The van der Waals surface area contributed by atoms with Crippen molar-refractivity contribution >= 4 is 35.8 Å². The molecule has 0 aliphatic carbocycles. The van der Waals surface area contributed by atoms with Crippen molar-refractivity contribution in [3.8, 4) is 0 Å². The average Bonchev–Trinajstić information content (AvgIpc) is 2.77. The minimum absolute atomic E-state index is 0.701. The number of carbonyl (C=O) groups is 6. The number of ether oxygens (including phenoxy) is 6. The molecule has 0 fully saturated rings. The summed E-state index contributed by atoms with van der Waals surface area (Å²) < 4.78 is 33.2. The van der Waals surface area contributed by atoms with Crippen LogP contribution in [-0.4, -0.2) is 84.4 Å². The molecule has 15 nitrogen and oxygen atoms in total. The molecule has 0 saturated carbocycles. The molecule has 15 heteroatoms. The molecular weight excluding hydrogens is 666 g/mol. The topological polar surface area (TPSA) is 196 Å². The zero-order chi connectivity index (χ0) is 40.3. The minimum Gasteiger partial charge on any atom is -0.459 e. The fourth-order valence-electron chi connectivity index (χ4n) is 3.90. The molecule has 0 aliphatic rings. The van der Waals surface area contributed by atoms with Crippen LogP contribution in [0, 0.1) is 0 Å². The van der Waals surface area contributed by atoms with Crippen LogP contribution in [0.4, 0.5) is 0 Å². The van der Waals surface area contributed by atoms with Gasteiger partial charge in [0.2, 0.25) is 17.8 Å². The fourth-order valence-corrected chi connectivity index (χ4v) is 3.90. The number of esters is 6. The molecule has 0 spiro atoms. The Kier molecular flexibility index (Phi) is 13.7. The van der Waals surface area contributed by atoms with Gasteiger partial charge in [0.15, 0.2) is 17.5 Å². The van der Waals surface area contributed by atoms with Gasteiger partial charge in [-0.1, -0.05) is 0 Å². The maximum atomic E-state index is 13.7. The van der Waals surface area contributed by atoms with Gasteiger partial charge in [0.1, 0.15) is 33.6 Å². The van der Waals surface area contributed by atoms with Crippen LogP contribution in [0.15, 0.2) is 0 Å². The van der Waals surface area contributed by atoms with Gasteiger partial charge in [-0.05, 0) is 125 Å². The van der Waals surface area contributed by atoms with Crippen LogP contribution in [0.1, 0.15) is 160 Å². The minimum atomic E-state index is -2.06. The number of hydrogen-bond donors (Lipinski definition) is 0. The van der Waals surface area contributed by atoms with Crippen LogP contribution in [0.2, 0.25) is 0 Å². The summed E-state index contributed by atoms with van der Waals surface area (Å²) in [4.78, 5) is 95.2. The zero-order valence-corrected chi connectivity index (χ0v) is 33.5. The lowest BCUT2D eigenvalue weighted by molar-refractivity contribution is -0.171. The third-order valence-corrected chi connectivity index (χ3v) is 5.32. The first kappa shape index (κ1) is 44.9. The maximum Gasteiger partial charge on any atom is 0.328 e. The maximum absolute atomic E-state index is 13.7. The van der Waals surface area contributed by atoms with Crippen molar-refractivity contribution in [1.29, 1.82) is 0 Å². The molecule has 1 aromatic heterocycles. The largest absolute Gasteiger partial charge is 0.459 e. The highest BCUT2D eigenvalue weighted by atomic mass is 16.6. The van der Waals surface area contributed by atoms with Crippen LogP contribution in [-0.2, 0) is 57.2 Å².